The molecule has 0 aliphatic rings. The number of carbonyl (C=O) groups excluding carboxylic acids is 3. The Labute approximate surface area is 273 Å². The van der Waals surface area contributed by atoms with Crippen LogP contribution in [0.5, 0.6) is 0 Å². The van der Waals surface area contributed by atoms with Gasteiger partial charge >= 0.3 is 11.9 Å². The van der Waals surface area contributed by atoms with Gasteiger partial charge in [0.15, 0.2) is 11.9 Å². The number of carbonyl (C=O) groups is 3. The molecule has 44 heavy (non-hydrogen) atoms. The maximum absolute atomic E-state index is 13.2. The van der Waals surface area contributed by atoms with Crippen LogP contribution in [0.2, 0.25) is 0 Å². The van der Waals surface area contributed by atoms with Crippen LogP contribution in [0, 0.1) is 0 Å². The summed E-state index contributed by atoms with van der Waals surface area (Å²) in [4.78, 5) is 38.2. The minimum atomic E-state index is -1.79. The van der Waals surface area contributed by atoms with Crippen LogP contribution in [0.1, 0.15) is 200 Å². The molecule has 0 aliphatic carbocycles. The van der Waals surface area contributed by atoms with Crippen LogP contribution in [-0.4, -0.2) is 45.8 Å². The molecule has 260 valence electrons. The van der Waals surface area contributed by atoms with Gasteiger partial charge in [0.25, 0.3) is 0 Å². The summed E-state index contributed by atoms with van der Waals surface area (Å²) in [6, 6.07) is 0. The Bertz CT molecular complexity index is 699. The second-order valence-corrected chi connectivity index (χ2v) is 14.1. The van der Waals surface area contributed by atoms with E-state index in [1.807, 2.05) is 0 Å². The summed E-state index contributed by atoms with van der Waals surface area (Å²) < 4.78 is 4.85. The molecule has 2 N–H and O–H groups in total. The zero-order chi connectivity index (χ0) is 32.7. The van der Waals surface area contributed by atoms with Gasteiger partial charge in [0, 0.05) is 6.42 Å². The first kappa shape index (κ1) is 43.2. The molecule has 0 saturated carbocycles. The van der Waals surface area contributed by atoms with Gasteiger partial charge in [0.05, 0.1) is 6.61 Å². The van der Waals surface area contributed by atoms with Gasteiger partial charge in [-0.25, -0.2) is 4.79 Å². The van der Waals surface area contributed by atoms with Gasteiger partial charge in [-0.1, -0.05) is 181 Å². The van der Waals surface area contributed by atoms with Crippen LogP contribution >= 0.6 is 9.24 Å². The molecule has 0 heterocycles. The van der Waals surface area contributed by atoms with Crippen LogP contribution in [-0.2, 0) is 19.1 Å². The number of hydrogen-bond donors (Lipinski definition) is 2. The average Bonchev–Trinajstić information content (AvgIpc) is 3.02. The predicted octanol–water partition coefficient (Wildman–Crippen LogP) is 9.95. The summed E-state index contributed by atoms with van der Waals surface area (Å²) in [5.74, 6) is -2.37. The fourth-order valence-electron chi connectivity index (χ4n) is 5.81. The van der Waals surface area contributed by atoms with E-state index in [-0.39, 0.29) is 12.2 Å². The normalized spacial score (nSPS) is 13.5. The molecule has 3 unspecified atom stereocenters. The third-order valence-corrected chi connectivity index (χ3v) is 9.78. The molecule has 0 fully saturated rings. The Morgan fingerprint density at radius 1 is 0.568 bits per heavy atom. The molecule has 0 amide bonds. The van der Waals surface area contributed by atoms with Crippen molar-refractivity contribution in [2.24, 2.45) is 0 Å². The molecule has 0 spiro atoms. The van der Waals surface area contributed by atoms with E-state index in [9.17, 15) is 19.5 Å². The van der Waals surface area contributed by atoms with E-state index < -0.39 is 29.8 Å². The van der Waals surface area contributed by atoms with Crippen molar-refractivity contribution in [1.82, 2.24) is 0 Å². The second kappa shape index (κ2) is 30.8. The first-order valence-electron chi connectivity index (χ1n) is 18.7. The monoisotopic (exact) mass is 642 g/mol. The highest BCUT2D eigenvalue weighted by molar-refractivity contribution is 7.23. The topological polar surface area (TPSA) is 101 Å². The number of hydrogen-bond acceptors (Lipinski definition) is 6. The van der Waals surface area contributed by atoms with Crippen LogP contribution in [0.25, 0.3) is 0 Å². The molecule has 0 rings (SSSR count). The lowest BCUT2D eigenvalue weighted by Gasteiger charge is -2.25. The van der Waals surface area contributed by atoms with Gasteiger partial charge < -0.3 is 14.9 Å². The van der Waals surface area contributed by atoms with Gasteiger partial charge in [-0.05, 0) is 12.8 Å². The minimum Gasteiger partial charge on any atom is -0.393 e. The molecule has 0 aliphatic heterocycles. The molecular formula is C37H71O6P. The Balaban J connectivity index is 4.34. The average molecular weight is 643 g/mol. The molecule has 0 saturated heterocycles. The van der Waals surface area contributed by atoms with Crippen LogP contribution in [0.3, 0.4) is 0 Å². The van der Waals surface area contributed by atoms with E-state index >= 15 is 0 Å². The molecule has 0 radical (unpaired) electrons. The molecule has 0 aromatic rings. The molecule has 6 nitrogen and oxygen atoms in total. The van der Waals surface area contributed by atoms with Crippen molar-refractivity contribution >= 4 is 27.0 Å². The van der Waals surface area contributed by atoms with Crippen molar-refractivity contribution in [2.75, 3.05) is 6.61 Å². The lowest BCUT2D eigenvalue weighted by molar-refractivity contribution is -0.169. The van der Waals surface area contributed by atoms with Crippen molar-refractivity contribution in [2.45, 2.75) is 211 Å². The number of aliphatic hydroxyl groups excluding tert-OH is 2. The summed E-state index contributed by atoms with van der Waals surface area (Å²) in [6.07, 6.45) is 31.6. The van der Waals surface area contributed by atoms with Crippen molar-refractivity contribution in [3.8, 4) is 0 Å². The molecule has 3 atom stereocenters. The van der Waals surface area contributed by atoms with Crippen molar-refractivity contribution in [3.63, 3.8) is 0 Å². The third kappa shape index (κ3) is 23.5. The SMILES string of the molecule is CCCCCCCCCCCCCCCCC(P)(C(=O)CCCCCCCCCCCCCCC)C(=O)OC(=O)C(O)CO. The highest BCUT2D eigenvalue weighted by atomic mass is 31.0. The van der Waals surface area contributed by atoms with Crippen molar-refractivity contribution in [3.05, 3.63) is 0 Å². The first-order chi connectivity index (χ1) is 21.3. The summed E-state index contributed by atoms with van der Waals surface area (Å²) in [5, 5.41) is 17.1. The fourth-order valence-corrected chi connectivity index (χ4v) is 6.21. The Kier molecular flexibility index (Phi) is 30.2. The smallest absolute Gasteiger partial charge is 0.345 e. The maximum Gasteiger partial charge on any atom is 0.345 e. The van der Waals surface area contributed by atoms with E-state index in [2.05, 4.69) is 23.1 Å². The molecule has 0 aromatic heterocycles. The quantitative estimate of drug-likeness (QED) is 0.0320. The third-order valence-electron chi connectivity index (χ3n) is 8.93. The van der Waals surface area contributed by atoms with Crippen LogP contribution in [0.4, 0.5) is 0 Å². The van der Waals surface area contributed by atoms with Gasteiger partial charge in [0.2, 0.25) is 0 Å². The van der Waals surface area contributed by atoms with E-state index in [1.54, 1.807) is 0 Å². The lowest BCUT2D eigenvalue weighted by atomic mass is 9.91. The largest absolute Gasteiger partial charge is 0.393 e. The zero-order valence-corrected chi connectivity index (χ0v) is 30.1. The van der Waals surface area contributed by atoms with E-state index in [0.29, 0.717) is 19.3 Å². The minimum absolute atomic E-state index is 0.225. The van der Waals surface area contributed by atoms with Crippen molar-refractivity contribution in [1.29, 1.82) is 0 Å². The number of unbranched alkanes of at least 4 members (excludes halogenated alkanes) is 25. The molecule has 0 aromatic carbocycles. The number of ketones is 1. The number of Topliss-reactive ketones (excluding diaryl/α,β-unsaturated/α-hetero) is 1. The molecule has 0 bridgehead atoms. The first-order valence-corrected chi connectivity index (χ1v) is 19.3. The Morgan fingerprint density at radius 2 is 0.886 bits per heavy atom. The summed E-state index contributed by atoms with van der Waals surface area (Å²) in [7, 11) is 2.38. The lowest BCUT2D eigenvalue weighted by Crippen LogP contribution is -2.44. The standard InChI is InChI=1S/C37H71O6P/c1-3-5-7-9-11-13-15-17-19-21-23-25-27-29-31-37(44,36(42)43-35(41)33(39)32-38)34(40)30-28-26-24-22-20-18-16-14-12-10-8-6-4-2/h33,38-39H,3-32,44H2,1-2H3. The second-order valence-electron chi connectivity index (χ2n) is 13.1. The predicted molar refractivity (Wildman–Crippen MR) is 187 cm³/mol. The van der Waals surface area contributed by atoms with Gasteiger partial charge in [0.1, 0.15) is 5.16 Å². The van der Waals surface area contributed by atoms with Gasteiger partial charge in [-0.15, -0.1) is 9.24 Å². The highest BCUT2D eigenvalue weighted by Gasteiger charge is 2.43. The number of rotatable bonds is 33. The summed E-state index contributed by atoms with van der Waals surface area (Å²) >= 11 is 0. The van der Waals surface area contributed by atoms with Crippen molar-refractivity contribution < 1.29 is 29.3 Å². The Hall–Kier alpha value is -0.840. The van der Waals surface area contributed by atoms with E-state index in [4.69, 9.17) is 9.84 Å². The van der Waals surface area contributed by atoms with E-state index in [0.717, 1.165) is 32.1 Å². The maximum atomic E-state index is 13.2. The van der Waals surface area contributed by atoms with Crippen LogP contribution in [0.15, 0.2) is 0 Å². The molecular weight excluding hydrogens is 571 g/mol. The fraction of sp³-hybridized carbons (Fsp3) is 0.919. The molecule has 7 heteroatoms. The van der Waals surface area contributed by atoms with E-state index in [1.165, 1.54) is 128 Å². The summed E-state index contributed by atoms with van der Waals surface area (Å²) in [6.45, 7) is 3.67. The highest BCUT2D eigenvalue weighted by Crippen LogP contribution is 2.31. The number of ether oxygens (including phenoxy) is 1. The van der Waals surface area contributed by atoms with Gasteiger partial charge in [-0.3, -0.25) is 9.59 Å². The summed E-state index contributed by atoms with van der Waals surface area (Å²) in [5.41, 5.74) is 0. The van der Waals surface area contributed by atoms with Crippen LogP contribution < -0.4 is 0 Å². The Morgan fingerprint density at radius 3 is 1.23 bits per heavy atom. The number of esters is 2. The zero-order valence-electron chi connectivity index (χ0n) is 28.9. The van der Waals surface area contributed by atoms with Gasteiger partial charge in [-0.2, -0.15) is 0 Å². The number of aliphatic hydroxyl groups is 2.